The summed E-state index contributed by atoms with van der Waals surface area (Å²) >= 11 is 5.11. The number of aliphatic hydroxyl groups is 1. The summed E-state index contributed by atoms with van der Waals surface area (Å²) < 4.78 is 6.52. The van der Waals surface area contributed by atoms with E-state index in [-0.39, 0.29) is 17.2 Å². The van der Waals surface area contributed by atoms with E-state index in [4.69, 9.17) is 17.0 Å². The quantitative estimate of drug-likeness (QED) is 0.649. The number of rotatable bonds is 4. The van der Waals surface area contributed by atoms with Gasteiger partial charge >= 0.3 is 5.97 Å². The van der Waals surface area contributed by atoms with E-state index >= 15 is 0 Å². The number of hydrogen-bond acceptors (Lipinski definition) is 5. The highest BCUT2D eigenvalue weighted by Gasteiger charge is 2.26. The lowest BCUT2D eigenvalue weighted by atomic mass is 10.1. The van der Waals surface area contributed by atoms with Crippen molar-refractivity contribution in [1.29, 1.82) is 0 Å². The fraction of sp³-hybridized carbons (Fsp3) is 0.250. The van der Waals surface area contributed by atoms with Gasteiger partial charge in [0.05, 0.1) is 7.11 Å². The molecule has 2 rings (SSSR count). The molecule has 0 aliphatic heterocycles. The summed E-state index contributed by atoms with van der Waals surface area (Å²) in [5, 5.41) is 15.7. The molecule has 0 amide bonds. The predicted octanol–water partition coefficient (Wildman–Crippen LogP) is 1.20. The Labute approximate surface area is 114 Å². The van der Waals surface area contributed by atoms with Gasteiger partial charge in [-0.15, -0.1) is 0 Å². The van der Waals surface area contributed by atoms with Crippen molar-refractivity contribution in [1.82, 2.24) is 14.8 Å². The van der Waals surface area contributed by atoms with Gasteiger partial charge in [0, 0.05) is 0 Å². The van der Waals surface area contributed by atoms with Crippen molar-refractivity contribution in [2.75, 3.05) is 7.11 Å². The molecule has 0 saturated carbocycles. The number of aromatic amines is 1. The number of aliphatic hydroxyl groups excluding tert-OH is 1. The molecular weight excluding hydrogens is 266 g/mol. The van der Waals surface area contributed by atoms with E-state index in [0.717, 1.165) is 0 Å². The lowest BCUT2D eigenvalue weighted by molar-refractivity contribution is -0.143. The maximum Gasteiger partial charge on any atom is 0.333 e. The van der Waals surface area contributed by atoms with Crippen LogP contribution < -0.4 is 0 Å². The molecule has 0 fully saturated rings. The molecule has 0 aliphatic rings. The largest absolute Gasteiger partial charge is 0.467 e. The molecule has 6 nitrogen and oxygen atoms in total. The van der Waals surface area contributed by atoms with Gasteiger partial charge in [0.1, 0.15) is 6.61 Å². The molecular formula is C12H13N3O3S. The van der Waals surface area contributed by atoms with E-state index in [1.54, 1.807) is 12.1 Å². The number of carbonyl (C=O) groups excluding carboxylic acids is 1. The van der Waals surface area contributed by atoms with Crippen LogP contribution >= 0.6 is 12.2 Å². The number of aromatic nitrogens is 3. The molecule has 1 aromatic heterocycles. The minimum atomic E-state index is -0.764. The molecule has 7 heteroatoms. The lowest BCUT2D eigenvalue weighted by Crippen LogP contribution is -2.24. The molecule has 0 bridgehead atoms. The zero-order chi connectivity index (χ0) is 13.8. The molecule has 0 spiro atoms. The highest BCUT2D eigenvalue weighted by molar-refractivity contribution is 7.71. The van der Waals surface area contributed by atoms with Crippen molar-refractivity contribution in [2.24, 2.45) is 0 Å². The van der Waals surface area contributed by atoms with Crippen LogP contribution in [0.5, 0.6) is 0 Å². The standard InChI is InChI=1S/C12H13N3O3S/c1-18-11(17)10(8-5-3-2-4-6-8)15-9(7-16)13-14-12(15)19/h2-6,10,16H,7H2,1H3,(H,14,19). The average Bonchev–Trinajstić information content (AvgIpc) is 2.81. The zero-order valence-corrected chi connectivity index (χ0v) is 11.1. The van der Waals surface area contributed by atoms with Gasteiger partial charge in [-0.25, -0.2) is 4.79 Å². The maximum absolute atomic E-state index is 12.0. The monoisotopic (exact) mass is 279 g/mol. The summed E-state index contributed by atoms with van der Waals surface area (Å²) in [7, 11) is 1.31. The van der Waals surface area contributed by atoms with E-state index in [0.29, 0.717) is 5.56 Å². The Morgan fingerprint density at radius 1 is 1.53 bits per heavy atom. The first kappa shape index (κ1) is 13.4. The van der Waals surface area contributed by atoms with Gasteiger partial charge in [-0.3, -0.25) is 9.67 Å². The smallest absolute Gasteiger partial charge is 0.333 e. The van der Waals surface area contributed by atoms with Gasteiger partial charge in [-0.05, 0) is 17.8 Å². The van der Waals surface area contributed by atoms with Crippen LogP contribution in [-0.2, 0) is 16.1 Å². The second-order valence-corrected chi connectivity index (χ2v) is 4.20. The summed E-state index contributed by atoms with van der Waals surface area (Å²) in [6, 6.07) is 8.29. The number of carbonyl (C=O) groups is 1. The first-order chi connectivity index (χ1) is 9.19. The molecule has 1 unspecified atom stereocenters. The highest BCUT2D eigenvalue weighted by Crippen LogP contribution is 2.21. The second kappa shape index (κ2) is 5.77. The van der Waals surface area contributed by atoms with Gasteiger partial charge in [0.15, 0.2) is 16.6 Å². The van der Waals surface area contributed by atoms with Crippen LogP contribution in [0.15, 0.2) is 30.3 Å². The number of benzene rings is 1. The first-order valence-electron chi connectivity index (χ1n) is 5.58. The number of hydrogen-bond donors (Lipinski definition) is 2. The van der Waals surface area contributed by atoms with Crippen LogP contribution in [0.2, 0.25) is 0 Å². The summed E-state index contributed by atoms with van der Waals surface area (Å²) in [6.07, 6.45) is 0. The molecule has 19 heavy (non-hydrogen) atoms. The SMILES string of the molecule is COC(=O)C(c1ccccc1)n1c(CO)n[nH]c1=S. The fourth-order valence-corrected chi connectivity index (χ4v) is 2.11. The summed E-state index contributed by atoms with van der Waals surface area (Å²) in [5.41, 5.74) is 0.710. The van der Waals surface area contributed by atoms with Crippen LogP contribution in [0.1, 0.15) is 17.4 Å². The Bertz CT molecular complexity index is 621. The zero-order valence-electron chi connectivity index (χ0n) is 10.2. The van der Waals surface area contributed by atoms with Crippen LogP contribution in [0.3, 0.4) is 0 Å². The highest BCUT2D eigenvalue weighted by atomic mass is 32.1. The third kappa shape index (κ3) is 2.56. The average molecular weight is 279 g/mol. The number of methoxy groups -OCH3 is 1. The minimum Gasteiger partial charge on any atom is -0.467 e. The molecule has 2 N–H and O–H groups in total. The third-order valence-electron chi connectivity index (χ3n) is 2.72. The molecule has 2 aromatic rings. The second-order valence-electron chi connectivity index (χ2n) is 3.81. The lowest BCUT2D eigenvalue weighted by Gasteiger charge is -2.17. The van der Waals surface area contributed by atoms with Crippen LogP contribution in [0.4, 0.5) is 0 Å². The Hall–Kier alpha value is -1.99. The summed E-state index contributed by atoms with van der Waals surface area (Å²) in [6.45, 7) is -0.326. The van der Waals surface area contributed by atoms with E-state index in [1.807, 2.05) is 18.2 Å². The summed E-state index contributed by atoms with van der Waals surface area (Å²) in [5.74, 6) is -0.192. The number of nitrogens with one attached hydrogen (secondary N) is 1. The van der Waals surface area contributed by atoms with Crippen molar-refractivity contribution in [2.45, 2.75) is 12.6 Å². The van der Waals surface area contributed by atoms with Crippen molar-refractivity contribution < 1.29 is 14.6 Å². The van der Waals surface area contributed by atoms with Crippen LogP contribution in [0.25, 0.3) is 0 Å². The van der Waals surface area contributed by atoms with E-state index in [9.17, 15) is 9.90 Å². The number of H-pyrrole nitrogens is 1. The molecule has 1 atom stereocenters. The number of ether oxygens (including phenoxy) is 1. The van der Waals surface area contributed by atoms with Gasteiger partial charge in [-0.2, -0.15) is 5.10 Å². The van der Waals surface area contributed by atoms with Crippen molar-refractivity contribution in [3.8, 4) is 0 Å². The van der Waals surface area contributed by atoms with E-state index in [2.05, 4.69) is 10.2 Å². The molecule has 1 heterocycles. The Balaban J connectivity index is 2.59. The van der Waals surface area contributed by atoms with Crippen molar-refractivity contribution >= 4 is 18.2 Å². The Kier molecular flexibility index (Phi) is 4.08. The van der Waals surface area contributed by atoms with Gasteiger partial charge in [-0.1, -0.05) is 30.3 Å². The summed E-state index contributed by atoms with van der Waals surface area (Å²) in [4.78, 5) is 12.0. The fourth-order valence-electron chi connectivity index (χ4n) is 1.85. The predicted molar refractivity (Wildman–Crippen MR) is 69.9 cm³/mol. The van der Waals surface area contributed by atoms with Crippen molar-refractivity contribution in [3.05, 3.63) is 46.5 Å². The van der Waals surface area contributed by atoms with E-state index < -0.39 is 12.0 Å². The first-order valence-corrected chi connectivity index (χ1v) is 5.99. The van der Waals surface area contributed by atoms with E-state index in [1.165, 1.54) is 11.7 Å². The van der Waals surface area contributed by atoms with Gasteiger partial charge in [0.2, 0.25) is 0 Å². The molecule has 0 aliphatic carbocycles. The van der Waals surface area contributed by atoms with Gasteiger partial charge < -0.3 is 9.84 Å². The molecule has 1 aromatic carbocycles. The minimum absolute atomic E-state index is 0.253. The third-order valence-corrected chi connectivity index (χ3v) is 3.00. The van der Waals surface area contributed by atoms with Gasteiger partial charge in [0.25, 0.3) is 0 Å². The normalized spacial score (nSPS) is 12.1. The van der Waals surface area contributed by atoms with Crippen LogP contribution in [0, 0.1) is 4.77 Å². The Morgan fingerprint density at radius 2 is 2.21 bits per heavy atom. The molecule has 100 valence electrons. The number of nitrogens with zero attached hydrogens (tertiary/aromatic N) is 2. The van der Waals surface area contributed by atoms with Crippen LogP contribution in [-0.4, -0.2) is 33.0 Å². The number of esters is 1. The molecule has 0 saturated heterocycles. The Morgan fingerprint density at radius 3 is 2.79 bits per heavy atom. The van der Waals surface area contributed by atoms with Crippen molar-refractivity contribution in [3.63, 3.8) is 0 Å². The maximum atomic E-state index is 12.0. The molecule has 0 radical (unpaired) electrons. The topological polar surface area (TPSA) is 80.1 Å².